The molecule has 0 aliphatic heterocycles. The van der Waals surface area contributed by atoms with Crippen molar-refractivity contribution in [2.24, 2.45) is 0 Å². The van der Waals surface area contributed by atoms with Gasteiger partial charge in [-0.3, -0.25) is 0 Å². The van der Waals surface area contributed by atoms with Gasteiger partial charge in [0.15, 0.2) is 23.3 Å². The number of pyridine rings is 1. The second-order valence-corrected chi connectivity index (χ2v) is 12.6. The van der Waals surface area contributed by atoms with Crippen LogP contribution in [0.25, 0.3) is 88.7 Å². The Morgan fingerprint density at radius 1 is 0.340 bits per heavy atom. The second-order valence-electron chi connectivity index (χ2n) is 12.6. The van der Waals surface area contributed by atoms with E-state index in [0.717, 1.165) is 44.1 Å². The number of fused-ring (bicyclic) bond motifs is 5. The Morgan fingerprint density at radius 2 is 0.792 bits per heavy atom. The average molecular weight is 702 g/mol. The van der Waals surface area contributed by atoms with E-state index >= 15 is 0 Å². The number of rotatable bonds is 5. The molecular weight excluding hydrogens is 678 g/mol. The highest BCUT2D eigenvalue weighted by molar-refractivity contribution is 6.24. The Hall–Kier alpha value is -6.80. The summed E-state index contributed by atoms with van der Waals surface area (Å²) in [6.07, 6.45) is 0. The van der Waals surface area contributed by atoms with Crippen LogP contribution < -0.4 is 0 Å². The van der Waals surface area contributed by atoms with E-state index < -0.39 is 34.6 Å². The van der Waals surface area contributed by atoms with Gasteiger partial charge in [0, 0.05) is 38.4 Å². The van der Waals surface area contributed by atoms with Crippen LogP contribution in [-0.4, -0.2) is 15.0 Å². The molecule has 0 radical (unpaired) electrons. The Bertz CT molecular complexity index is 2840. The van der Waals surface area contributed by atoms with Crippen molar-refractivity contribution in [2.45, 2.75) is 0 Å². The molecule has 0 unspecified atom stereocenters. The number of aromatic nitrogens is 3. The lowest BCUT2D eigenvalue weighted by atomic mass is 9.92. The van der Waals surface area contributed by atoms with Crippen LogP contribution in [0.15, 0.2) is 146 Å². The Balaban J connectivity index is 1.38. The highest BCUT2D eigenvalue weighted by Gasteiger charge is 2.27. The quantitative estimate of drug-likeness (QED) is 0.0776. The molecule has 3 nitrogen and oxygen atoms in total. The van der Waals surface area contributed by atoms with Crippen molar-refractivity contribution < 1.29 is 22.0 Å². The Labute approximate surface area is 299 Å². The molecule has 0 fully saturated rings. The number of benzene rings is 7. The molecule has 0 N–H and O–H groups in total. The normalized spacial score (nSPS) is 11.5. The van der Waals surface area contributed by atoms with Gasteiger partial charge in [-0.05, 0) is 23.3 Å². The fourth-order valence-corrected chi connectivity index (χ4v) is 6.94. The molecule has 0 aliphatic carbocycles. The van der Waals surface area contributed by atoms with E-state index in [0.29, 0.717) is 33.5 Å². The van der Waals surface area contributed by atoms with Crippen LogP contribution >= 0.6 is 0 Å². The van der Waals surface area contributed by atoms with Crippen LogP contribution in [0.3, 0.4) is 0 Å². The third-order valence-electron chi connectivity index (χ3n) is 9.44. The minimum absolute atomic E-state index is 0.172. The van der Waals surface area contributed by atoms with Crippen molar-refractivity contribution in [1.82, 2.24) is 15.0 Å². The first-order valence-electron chi connectivity index (χ1n) is 16.7. The summed E-state index contributed by atoms with van der Waals surface area (Å²) in [5.74, 6) is -10.0. The van der Waals surface area contributed by atoms with Crippen molar-refractivity contribution in [2.75, 3.05) is 0 Å². The molecule has 8 heteroatoms. The van der Waals surface area contributed by atoms with Gasteiger partial charge >= 0.3 is 0 Å². The summed E-state index contributed by atoms with van der Waals surface area (Å²) in [4.78, 5) is 15.9. The zero-order valence-electron chi connectivity index (χ0n) is 27.6. The maximum atomic E-state index is 14.8. The predicted octanol–water partition coefficient (Wildman–Crippen LogP) is 12.4. The van der Waals surface area contributed by atoms with E-state index in [1.165, 1.54) is 12.1 Å². The van der Waals surface area contributed by atoms with E-state index in [-0.39, 0.29) is 5.56 Å². The molecule has 0 aliphatic rings. The number of para-hydroxylation sites is 1. The van der Waals surface area contributed by atoms with Crippen molar-refractivity contribution in [1.29, 1.82) is 0 Å². The molecular formula is C45H24F5N3. The topological polar surface area (TPSA) is 38.7 Å². The van der Waals surface area contributed by atoms with Gasteiger partial charge in [-0.2, -0.15) is 0 Å². The van der Waals surface area contributed by atoms with Gasteiger partial charge < -0.3 is 0 Å². The third kappa shape index (κ3) is 5.30. The third-order valence-corrected chi connectivity index (χ3v) is 9.44. The van der Waals surface area contributed by atoms with Crippen LogP contribution in [-0.2, 0) is 0 Å². The van der Waals surface area contributed by atoms with E-state index in [4.69, 9.17) is 15.0 Å². The Morgan fingerprint density at radius 3 is 1.38 bits per heavy atom. The van der Waals surface area contributed by atoms with Crippen LogP contribution in [0.4, 0.5) is 22.0 Å². The van der Waals surface area contributed by atoms with Crippen LogP contribution in [0.1, 0.15) is 0 Å². The fraction of sp³-hybridized carbons (Fsp3) is 0. The van der Waals surface area contributed by atoms with Gasteiger partial charge in [0.05, 0.1) is 39.2 Å². The van der Waals surface area contributed by atoms with E-state index in [1.54, 1.807) is 12.1 Å². The first-order chi connectivity index (χ1) is 25.9. The van der Waals surface area contributed by atoms with Crippen LogP contribution in [0.2, 0.25) is 0 Å². The maximum Gasteiger partial charge on any atom is 0.200 e. The molecule has 254 valence electrons. The zero-order valence-corrected chi connectivity index (χ0v) is 27.6. The molecule has 0 saturated heterocycles. The average Bonchev–Trinajstić information content (AvgIpc) is 3.22. The van der Waals surface area contributed by atoms with Gasteiger partial charge in [0.25, 0.3) is 0 Å². The molecule has 0 spiro atoms. The molecule has 0 amide bonds. The highest BCUT2D eigenvalue weighted by Crippen LogP contribution is 2.43. The van der Waals surface area contributed by atoms with Crippen LogP contribution in [0.5, 0.6) is 0 Å². The standard InChI is InChI=1S/C45H24F5N3/c46-36-34(37(47)39(49)40(50)38(36)48)26-20-22-29(23-21-26)41-32-24-31(25-12-4-1-5-13-25)44-45(35(32)30-18-10-11-19-33(30)51-41)53-43(28-16-8-3-9-17-28)42(52-44)27-14-6-2-7-15-27/h1-24H. The summed E-state index contributed by atoms with van der Waals surface area (Å²) >= 11 is 0. The van der Waals surface area contributed by atoms with Gasteiger partial charge in [-0.25, -0.2) is 36.9 Å². The molecule has 0 atom stereocenters. The van der Waals surface area contributed by atoms with Gasteiger partial charge in [-0.1, -0.05) is 133 Å². The smallest absolute Gasteiger partial charge is 0.200 e. The SMILES string of the molecule is Fc1c(F)c(F)c(-c2ccc(-c3nc4ccccc4c4c3cc(-c3ccccc3)c3nc(-c5ccccc5)c(-c5ccccc5)nc34)cc2)c(F)c1F. The maximum absolute atomic E-state index is 14.8. The number of hydrogen-bond donors (Lipinski definition) is 0. The van der Waals surface area contributed by atoms with E-state index in [2.05, 4.69) is 0 Å². The number of nitrogens with zero attached hydrogens (tertiary/aromatic N) is 3. The lowest BCUT2D eigenvalue weighted by Crippen LogP contribution is -2.04. The summed E-state index contributed by atoms with van der Waals surface area (Å²) in [5.41, 5.74) is 6.87. The molecule has 53 heavy (non-hydrogen) atoms. The molecule has 2 aromatic heterocycles. The molecule has 9 rings (SSSR count). The molecule has 0 saturated carbocycles. The zero-order chi connectivity index (χ0) is 36.2. The highest BCUT2D eigenvalue weighted by atomic mass is 19.2. The Kier molecular flexibility index (Phi) is 7.73. The molecule has 0 bridgehead atoms. The van der Waals surface area contributed by atoms with Crippen molar-refractivity contribution in [3.05, 3.63) is 175 Å². The predicted molar refractivity (Wildman–Crippen MR) is 199 cm³/mol. The first kappa shape index (κ1) is 32.1. The summed E-state index contributed by atoms with van der Waals surface area (Å²) < 4.78 is 71.7. The lowest BCUT2D eigenvalue weighted by Gasteiger charge is -2.18. The van der Waals surface area contributed by atoms with Crippen molar-refractivity contribution in [3.63, 3.8) is 0 Å². The first-order valence-corrected chi connectivity index (χ1v) is 16.7. The summed E-state index contributed by atoms with van der Waals surface area (Å²) in [5, 5.41) is 2.38. The van der Waals surface area contributed by atoms with Gasteiger partial charge in [-0.15, -0.1) is 0 Å². The number of halogens is 5. The summed E-state index contributed by atoms with van der Waals surface area (Å²) in [6, 6.07) is 45.2. The van der Waals surface area contributed by atoms with Crippen molar-refractivity contribution in [3.8, 4) is 56.0 Å². The minimum atomic E-state index is -2.21. The lowest BCUT2D eigenvalue weighted by molar-refractivity contribution is 0.381. The summed E-state index contributed by atoms with van der Waals surface area (Å²) in [7, 11) is 0. The van der Waals surface area contributed by atoms with Gasteiger partial charge in [0.2, 0.25) is 5.82 Å². The van der Waals surface area contributed by atoms with E-state index in [9.17, 15) is 22.0 Å². The second kappa shape index (κ2) is 12.8. The molecule has 9 aromatic rings. The fourth-order valence-electron chi connectivity index (χ4n) is 6.94. The largest absolute Gasteiger partial charge is 0.247 e. The monoisotopic (exact) mass is 701 g/mol. The molecule has 7 aromatic carbocycles. The number of hydrogen-bond acceptors (Lipinski definition) is 3. The van der Waals surface area contributed by atoms with Crippen LogP contribution in [0, 0.1) is 29.1 Å². The van der Waals surface area contributed by atoms with E-state index in [1.807, 2.05) is 121 Å². The minimum Gasteiger partial charge on any atom is -0.247 e. The van der Waals surface area contributed by atoms with Gasteiger partial charge in [0.1, 0.15) is 0 Å². The summed E-state index contributed by atoms with van der Waals surface area (Å²) in [6.45, 7) is 0. The molecule has 2 heterocycles. The van der Waals surface area contributed by atoms with Crippen molar-refractivity contribution >= 4 is 32.7 Å².